The number of hydrogen-bond acceptors (Lipinski definition) is 4. The van der Waals surface area contributed by atoms with Gasteiger partial charge in [0, 0.05) is 11.3 Å². The molecule has 0 unspecified atom stereocenters. The van der Waals surface area contributed by atoms with Crippen LogP contribution < -0.4 is 10.6 Å². The van der Waals surface area contributed by atoms with Gasteiger partial charge in [0.1, 0.15) is 6.04 Å². The van der Waals surface area contributed by atoms with Gasteiger partial charge in [0.15, 0.2) is 5.82 Å². The molecule has 7 heteroatoms. The fraction of sp³-hybridized carbons (Fsp3) is 0.200. The summed E-state index contributed by atoms with van der Waals surface area (Å²) >= 11 is 0. The molecule has 1 aliphatic heterocycles. The van der Waals surface area contributed by atoms with Crippen molar-refractivity contribution in [2.24, 2.45) is 0 Å². The number of nitrogens with one attached hydrogen (secondary N) is 2. The molecule has 136 valence electrons. The first-order valence-electron chi connectivity index (χ1n) is 8.70. The van der Waals surface area contributed by atoms with Gasteiger partial charge in [-0.3, -0.25) is 14.9 Å². The highest BCUT2D eigenvalue weighted by molar-refractivity contribution is 6.00. The van der Waals surface area contributed by atoms with Gasteiger partial charge < -0.3 is 5.32 Å². The van der Waals surface area contributed by atoms with Crippen LogP contribution in [0.4, 0.5) is 11.6 Å². The summed E-state index contributed by atoms with van der Waals surface area (Å²) in [5.74, 6) is 0.207. The van der Waals surface area contributed by atoms with Crippen molar-refractivity contribution in [2.75, 3.05) is 10.6 Å². The van der Waals surface area contributed by atoms with Gasteiger partial charge in [-0.15, -0.1) is 5.10 Å². The first-order chi connectivity index (χ1) is 13.0. The maximum absolute atomic E-state index is 12.8. The SMILES string of the molecule is Cc1ccc(-c2nc3n(n2)[C@@H](C(=O)Nc2cccc(C)c2)CC(=O)N3)cc1. The van der Waals surface area contributed by atoms with Crippen LogP contribution in [-0.2, 0) is 9.59 Å². The number of hydrogen-bond donors (Lipinski definition) is 2. The van der Waals surface area contributed by atoms with Crippen molar-refractivity contribution in [3.8, 4) is 11.4 Å². The van der Waals surface area contributed by atoms with E-state index in [-0.39, 0.29) is 24.2 Å². The van der Waals surface area contributed by atoms with Gasteiger partial charge in [-0.05, 0) is 31.5 Å². The van der Waals surface area contributed by atoms with Gasteiger partial charge in [-0.2, -0.15) is 4.98 Å². The van der Waals surface area contributed by atoms with E-state index in [1.165, 1.54) is 4.68 Å². The number of fused-ring (bicyclic) bond motifs is 1. The molecule has 2 heterocycles. The van der Waals surface area contributed by atoms with Crippen molar-refractivity contribution in [2.45, 2.75) is 26.3 Å². The van der Waals surface area contributed by atoms with Crippen LogP contribution in [0, 0.1) is 13.8 Å². The monoisotopic (exact) mass is 361 g/mol. The van der Waals surface area contributed by atoms with Crippen molar-refractivity contribution in [3.05, 3.63) is 59.7 Å². The van der Waals surface area contributed by atoms with Crippen LogP contribution in [0.15, 0.2) is 48.5 Å². The van der Waals surface area contributed by atoms with E-state index >= 15 is 0 Å². The first-order valence-corrected chi connectivity index (χ1v) is 8.70. The van der Waals surface area contributed by atoms with Crippen LogP contribution in [-0.4, -0.2) is 26.6 Å². The predicted molar refractivity (Wildman–Crippen MR) is 102 cm³/mol. The summed E-state index contributed by atoms with van der Waals surface area (Å²) in [6.45, 7) is 3.95. The number of nitrogens with zero attached hydrogens (tertiary/aromatic N) is 3. The van der Waals surface area contributed by atoms with Gasteiger partial charge in [0.05, 0.1) is 6.42 Å². The van der Waals surface area contributed by atoms with E-state index in [0.29, 0.717) is 11.5 Å². The normalized spacial score (nSPS) is 15.8. The smallest absolute Gasteiger partial charge is 0.249 e. The Kier molecular flexibility index (Phi) is 4.19. The zero-order valence-corrected chi connectivity index (χ0v) is 15.1. The molecule has 0 bridgehead atoms. The summed E-state index contributed by atoms with van der Waals surface area (Å²) in [5.41, 5.74) is 3.68. The van der Waals surface area contributed by atoms with E-state index in [2.05, 4.69) is 20.7 Å². The summed E-state index contributed by atoms with van der Waals surface area (Å²) in [5, 5.41) is 10.0. The molecule has 0 fully saturated rings. The zero-order chi connectivity index (χ0) is 19.0. The number of carbonyl (C=O) groups is 2. The predicted octanol–water partition coefficient (Wildman–Crippen LogP) is 3.08. The summed E-state index contributed by atoms with van der Waals surface area (Å²) in [6.07, 6.45) is 0.0152. The Morgan fingerprint density at radius 3 is 2.67 bits per heavy atom. The third-order valence-electron chi connectivity index (χ3n) is 4.45. The second-order valence-electron chi connectivity index (χ2n) is 6.70. The Bertz CT molecular complexity index is 1020. The molecule has 0 radical (unpaired) electrons. The van der Waals surface area contributed by atoms with Gasteiger partial charge in [0.2, 0.25) is 17.8 Å². The standard InChI is InChI=1S/C20H19N5O2/c1-12-6-8-14(9-7-12)18-23-20-22-17(26)11-16(25(20)24-18)19(27)21-15-5-3-4-13(2)10-15/h3-10,16H,11H2,1-2H3,(H,21,27)(H,22,23,24,26)/t16-/m1/s1. The highest BCUT2D eigenvalue weighted by Gasteiger charge is 2.33. The average molecular weight is 361 g/mol. The Morgan fingerprint density at radius 2 is 1.93 bits per heavy atom. The van der Waals surface area contributed by atoms with E-state index in [0.717, 1.165) is 16.7 Å². The second kappa shape index (κ2) is 6.68. The van der Waals surface area contributed by atoms with E-state index in [9.17, 15) is 9.59 Å². The van der Waals surface area contributed by atoms with E-state index in [1.54, 1.807) is 0 Å². The van der Waals surface area contributed by atoms with Crippen molar-refractivity contribution in [3.63, 3.8) is 0 Å². The minimum absolute atomic E-state index is 0.0152. The van der Waals surface area contributed by atoms with Crippen LogP contribution in [0.3, 0.4) is 0 Å². The quantitative estimate of drug-likeness (QED) is 0.750. The van der Waals surface area contributed by atoms with Crippen LogP contribution in [0.25, 0.3) is 11.4 Å². The number of benzene rings is 2. The number of anilines is 2. The molecule has 27 heavy (non-hydrogen) atoms. The lowest BCUT2D eigenvalue weighted by molar-refractivity contribution is -0.125. The fourth-order valence-electron chi connectivity index (χ4n) is 3.04. The highest BCUT2D eigenvalue weighted by atomic mass is 16.2. The molecule has 3 aromatic rings. The molecule has 0 spiro atoms. The van der Waals surface area contributed by atoms with Crippen molar-refractivity contribution < 1.29 is 9.59 Å². The third kappa shape index (κ3) is 3.44. The largest absolute Gasteiger partial charge is 0.324 e. The first kappa shape index (κ1) is 17.0. The number of amides is 2. The number of aromatic nitrogens is 3. The molecular weight excluding hydrogens is 342 g/mol. The van der Waals surface area contributed by atoms with Crippen LogP contribution in [0.1, 0.15) is 23.6 Å². The van der Waals surface area contributed by atoms with Crippen LogP contribution in [0.5, 0.6) is 0 Å². The third-order valence-corrected chi connectivity index (χ3v) is 4.45. The Morgan fingerprint density at radius 1 is 1.15 bits per heavy atom. The summed E-state index contributed by atoms with van der Waals surface area (Å²) in [4.78, 5) is 29.3. The highest BCUT2D eigenvalue weighted by Crippen LogP contribution is 2.27. The minimum atomic E-state index is -0.749. The number of aryl methyl sites for hydroxylation is 2. The van der Waals surface area contributed by atoms with E-state index in [1.807, 2.05) is 62.4 Å². The topological polar surface area (TPSA) is 88.9 Å². The average Bonchev–Trinajstić information content (AvgIpc) is 3.05. The molecule has 1 aromatic heterocycles. The molecule has 0 aliphatic carbocycles. The molecule has 0 saturated carbocycles. The van der Waals surface area contributed by atoms with Crippen molar-refractivity contribution >= 4 is 23.5 Å². The maximum Gasteiger partial charge on any atom is 0.249 e. The fourth-order valence-corrected chi connectivity index (χ4v) is 3.04. The molecular formula is C20H19N5O2. The zero-order valence-electron chi connectivity index (χ0n) is 15.1. The van der Waals surface area contributed by atoms with Gasteiger partial charge in [-0.25, -0.2) is 4.68 Å². The van der Waals surface area contributed by atoms with Gasteiger partial charge >= 0.3 is 0 Å². The van der Waals surface area contributed by atoms with E-state index < -0.39 is 6.04 Å². The molecule has 2 amide bonds. The summed E-state index contributed by atoms with van der Waals surface area (Å²) < 4.78 is 1.49. The molecule has 1 atom stereocenters. The molecule has 2 N–H and O–H groups in total. The van der Waals surface area contributed by atoms with Crippen LogP contribution in [0.2, 0.25) is 0 Å². The van der Waals surface area contributed by atoms with Crippen molar-refractivity contribution in [1.82, 2.24) is 14.8 Å². The minimum Gasteiger partial charge on any atom is -0.324 e. The van der Waals surface area contributed by atoms with E-state index in [4.69, 9.17) is 0 Å². The Balaban J connectivity index is 1.64. The lowest BCUT2D eigenvalue weighted by Gasteiger charge is -2.22. The lowest BCUT2D eigenvalue weighted by Crippen LogP contribution is -2.36. The summed E-state index contributed by atoms with van der Waals surface area (Å²) in [6, 6.07) is 14.5. The Labute approximate surface area is 156 Å². The summed E-state index contributed by atoms with van der Waals surface area (Å²) in [7, 11) is 0. The maximum atomic E-state index is 12.8. The Hall–Kier alpha value is -3.48. The lowest BCUT2D eigenvalue weighted by atomic mass is 10.1. The molecule has 4 rings (SSSR count). The van der Waals surface area contributed by atoms with Crippen LogP contribution >= 0.6 is 0 Å². The molecule has 1 aliphatic rings. The molecule has 0 saturated heterocycles. The number of rotatable bonds is 3. The van der Waals surface area contributed by atoms with Crippen molar-refractivity contribution in [1.29, 1.82) is 0 Å². The molecule has 7 nitrogen and oxygen atoms in total. The second-order valence-corrected chi connectivity index (χ2v) is 6.70. The molecule has 2 aromatic carbocycles. The van der Waals surface area contributed by atoms with Gasteiger partial charge in [0.25, 0.3) is 0 Å². The number of carbonyl (C=O) groups excluding carboxylic acids is 2. The van der Waals surface area contributed by atoms with Gasteiger partial charge in [-0.1, -0.05) is 42.0 Å².